The molecule has 0 atom stereocenters. The first-order valence-electron chi connectivity index (χ1n) is 19.0. The van der Waals surface area contributed by atoms with Crippen LogP contribution in [0.4, 0.5) is 0 Å². The van der Waals surface area contributed by atoms with Gasteiger partial charge in [0.25, 0.3) is 0 Å². The molecule has 0 saturated heterocycles. The van der Waals surface area contributed by atoms with Crippen LogP contribution < -0.4 is 42.8 Å². The summed E-state index contributed by atoms with van der Waals surface area (Å²) in [5.74, 6) is 2.01. The molecule has 5 heteroatoms. The van der Waals surface area contributed by atoms with Crippen molar-refractivity contribution >= 4 is 65.3 Å². The maximum atomic E-state index is 7.07. The molecule has 0 aliphatic heterocycles. The predicted octanol–water partition coefficient (Wildman–Crippen LogP) is 10.1. The van der Waals surface area contributed by atoms with Gasteiger partial charge in [0.05, 0.1) is 0 Å². The molecule has 0 saturated carbocycles. The zero-order valence-corrected chi connectivity index (χ0v) is 34.4. The van der Waals surface area contributed by atoms with Gasteiger partial charge in [0.2, 0.25) is 0 Å². The topological polar surface area (TPSA) is 26.3 Å². The average Bonchev–Trinajstić information content (AvgIpc) is 3.90. The Morgan fingerprint density at radius 1 is 0.345 bits per heavy atom. The number of benzene rings is 6. The Morgan fingerprint density at radius 3 is 0.800 bits per heavy atom. The van der Waals surface area contributed by atoms with Crippen molar-refractivity contribution in [2.75, 3.05) is 0 Å². The highest BCUT2D eigenvalue weighted by molar-refractivity contribution is 7.95. The monoisotopic (exact) mass is 772 g/mol. The molecule has 55 heavy (non-hydrogen) atoms. The van der Waals surface area contributed by atoms with Crippen LogP contribution in [-0.2, 0) is 12.3 Å². The lowest BCUT2D eigenvalue weighted by atomic mass is 10.3. The largest absolute Gasteiger partial charge is 0.457 e. The Balaban J connectivity index is 1.20. The molecular formula is C50H47O2P3+2. The van der Waals surface area contributed by atoms with Crippen molar-refractivity contribution in [3.63, 3.8) is 0 Å². The summed E-state index contributed by atoms with van der Waals surface area (Å²) in [4.78, 5) is 0. The van der Waals surface area contributed by atoms with Gasteiger partial charge in [0.1, 0.15) is 81.2 Å². The van der Waals surface area contributed by atoms with Crippen LogP contribution in [0.3, 0.4) is 0 Å². The normalized spacial score (nSPS) is 12.2. The van der Waals surface area contributed by atoms with Gasteiger partial charge in [-0.2, -0.15) is 0 Å². The highest BCUT2D eigenvalue weighted by atomic mass is 31.2. The molecule has 8 rings (SSSR count). The summed E-state index contributed by atoms with van der Waals surface area (Å²) in [6, 6.07) is 75.1. The Kier molecular flexibility index (Phi) is 10.9. The van der Waals surface area contributed by atoms with E-state index in [2.05, 4.69) is 227 Å². The van der Waals surface area contributed by atoms with E-state index in [1.54, 1.807) is 0 Å². The second kappa shape index (κ2) is 16.1. The van der Waals surface area contributed by atoms with E-state index in [0.29, 0.717) is 0 Å². The number of hydrogen-bond donors (Lipinski definition) is 0. The molecule has 0 N–H and O–H groups in total. The molecule has 272 valence electrons. The van der Waals surface area contributed by atoms with Crippen LogP contribution in [-0.4, -0.2) is 5.16 Å². The van der Waals surface area contributed by atoms with Gasteiger partial charge in [-0.1, -0.05) is 130 Å². The molecule has 0 fully saturated rings. The third-order valence-electron chi connectivity index (χ3n) is 10.4. The zero-order valence-electron chi connectivity index (χ0n) is 31.7. The summed E-state index contributed by atoms with van der Waals surface area (Å²) in [5.41, 5.74) is 2.00. The molecule has 0 radical (unpaired) electrons. The molecule has 8 aromatic rings. The van der Waals surface area contributed by atoms with Crippen molar-refractivity contribution in [2.45, 2.75) is 38.3 Å². The molecule has 6 aromatic carbocycles. The summed E-state index contributed by atoms with van der Waals surface area (Å²) in [5, 5.41) is 7.99. The Labute approximate surface area is 328 Å². The van der Waals surface area contributed by atoms with E-state index in [0.717, 1.165) is 34.8 Å². The maximum absolute atomic E-state index is 7.07. The lowest BCUT2D eigenvalue weighted by Crippen LogP contribution is -2.32. The van der Waals surface area contributed by atoms with Gasteiger partial charge in [-0.25, -0.2) is 0 Å². The smallest absolute Gasteiger partial charge is 0.143 e. The van der Waals surface area contributed by atoms with Crippen molar-refractivity contribution in [1.82, 2.24) is 0 Å². The van der Waals surface area contributed by atoms with Crippen molar-refractivity contribution in [3.8, 4) is 0 Å². The molecule has 2 aromatic heterocycles. The van der Waals surface area contributed by atoms with E-state index >= 15 is 0 Å². The van der Waals surface area contributed by atoms with Crippen LogP contribution in [0.2, 0.25) is 0 Å². The second-order valence-corrected chi connectivity index (χ2v) is 24.8. The highest BCUT2D eigenvalue weighted by Crippen LogP contribution is 2.60. The number of hydrogen-bond acceptors (Lipinski definition) is 2. The van der Waals surface area contributed by atoms with E-state index in [1.165, 1.54) is 31.8 Å². The predicted molar refractivity (Wildman–Crippen MR) is 241 cm³/mol. The SMILES string of the molecule is CC(C)(C)P(c1ccc(C[P+](c2ccccc2)(c2ccccc2)c2ccccc2)o1)c1ccc(C[P+](c2ccccc2)(c2ccccc2)c2ccccc2)o1. The first kappa shape index (κ1) is 37.1. The fraction of sp³-hybridized carbons (Fsp3) is 0.120. The van der Waals surface area contributed by atoms with Crippen molar-refractivity contribution in [2.24, 2.45) is 0 Å². The molecular weight excluding hydrogens is 725 g/mol. The minimum absolute atomic E-state index is 0.103. The number of rotatable bonds is 12. The third-order valence-corrected chi connectivity index (χ3v) is 21.7. The van der Waals surface area contributed by atoms with Gasteiger partial charge in [0, 0.05) is 7.92 Å². The zero-order chi connectivity index (χ0) is 37.7. The van der Waals surface area contributed by atoms with E-state index in [4.69, 9.17) is 8.83 Å². The minimum Gasteiger partial charge on any atom is -0.457 e. The summed E-state index contributed by atoms with van der Waals surface area (Å²) in [7, 11) is -5.20. The summed E-state index contributed by atoms with van der Waals surface area (Å²) >= 11 is 0. The second-order valence-electron chi connectivity index (χ2n) is 14.9. The fourth-order valence-corrected chi connectivity index (χ4v) is 18.6. The third kappa shape index (κ3) is 7.45. The Bertz CT molecular complexity index is 2040. The molecule has 0 aliphatic rings. The standard InChI is InChI=1S/C50H47O2P3/c1-50(2,3)53(48-36-34-40(51-48)38-54(42-22-10-4-11-23-42,43-24-12-5-13-25-43)44-26-14-6-15-27-44)49-37-35-41(52-49)39-55(45-28-16-7-17-29-45,46-30-18-8-19-31-46)47-32-20-9-21-33-47/h4-37H,38-39H2,1-3H3/q+2. The van der Waals surface area contributed by atoms with Crippen LogP contribution >= 0.6 is 22.4 Å². The highest BCUT2D eigenvalue weighted by Gasteiger charge is 2.48. The molecule has 0 amide bonds. The maximum Gasteiger partial charge on any atom is 0.143 e. The van der Waals surface area contributed by atoms with Gasteiger partial charge in [-0.05, 0) is 102 Å². The van der Waals surface area contributed by atoms with Crippen LogP contribution in [0, 0.1) is 0 Å². The van der Waals surface area contributed by atoms with Gasteiger partial charge in [-0.3, -0.25) is 0 Å². The molecule has 0 bridgehead atoms. The molecule has 2 nitrogen and oxygen atoms in total. The molecule has 0 spiro atoms. The molecule has 0 aliphatic carbocycles. The lowest BCUT2D eigenvalue weighted by Gasteiger charge is -2.28. The Hall–Kier alpha value is -4.83. The Morgan fingerprint density at radius 2 is 0.582 bits per heavy atom. The van der Waals surface area contributed by atoms with E-state index in [9.17, 15) is 0 Å². The lowest BCUT2D eigenvalue weighted by molar-refractivity contribution is 0.548. The summed E-state index contributed by atoms with van der Waals surface area (Å²) in [6.07, 6.45) is 1.58. The fourth-order valence-electron chi connectivity index (χ4n) is 7.92. The van der Waals surface area contributed by atoms with Gasteiger partial charge in [0.15, 0.2) is 0 Å². The van der Waals surface area contributed by atoms with Crippen LogP contribution in [0.15, 0.2) is 215 Å². The van der Waals surface area contributed by atoms with E-state index in [-0.39, 0.29) is 5.16 Å². The van der Waals surface area contributed by atoms with Crippen LogP contribution in [0.5, 0.6) is 0 Å². The van der Waals surface area contributed by atoms with Gasteiger partial charge >= 0.3 is 0 Å². The van der Waals surface area contributed by atoms with E-state index in [1.807, 2.05) is 0 Å². The van der Waals surface area contributed by atoms with Gasteiger partial charge < -0.3 is 8.83 Å². The quantitative estimate of drug-likeness (QED) is 0.116. The van der Waals surface area contributed by atoms with E-state index < -0.39 is 22.4 Å². The summed E-state index contributed by atoms with van der Waals surface area (Å²) in [6.45, 7) is 6.94. The van der Waals surface area contributed by atoms with Crippen LogP contribution in [0.25, 0.3) is 0 Å². The minimum atomic E-state index is -2.12. The average molecular weight is 773 g/mol. The van der Waals surface area contributed by atoms with Crippen molar-refractivity contribution in [3.05, 3.63) is 218 Å². The first-order chi connectivity index (χ1) is 26.9. The van der Waals surface area contributed by atoms with Crippen LogP contribution in [0.1, 0.15) is 32.3 Å². The summed E-state index contributed by atoms with van der Waals surface area (Å²) < 4.78 is 14.1. The van der Waals surface area contributed by atoms with Gasteiger partial charge in [-0.15, -0.1) is 0 Å². The molecule has 0 unspecified atom stereocenters. The van der Waals surface area contributed by atoms with Crippen molar-refractivity contribution in [1.29, 1.82) is 0 Å². The number of furan rings is 2. The first-order valence-corrected chi connectivity index (χ1v) is 24.2. The van der Waals surface area contributed by atoms with Crippen molar-refractivity contribution < 1.29 is 8.83 Å². The molecule has 2 heterocycles.